The Morgan fingerprint density at radius 1 is 1.00 bits per heavy atom. The third kappa shape index (κ3) is 3.11. The van der Waals surface area contributed by atoms with Crippen molar-refractivity contribution in [3.63, 3.8) is 0 Å². The molecule has 132 valence electrons. The second-order valence-corrected chi connectivity index (χ2v) is 6.69. The highest BCUT2D eigenvalue weighted by Crippen LogP contribution is 2.37. The zero-order valence-corrected chi connectivity index (χ0v) is 14.6. The van der Waals surface area contributed by atoms with Crippen molar-refractivity contribution in [2.75, 3.05) is 31.1 Å². The maximum Gasteiger partial charge on any atom is 0.253 e. The van der Waals surface area contributed by atoms with Gasteiger partial charge in [-0.2, -0.15) is 5.26 Å². The molecule has 2 heterocycles. The standard InChI is InChI=1S/C21H21N3O2/c22-15-16-4-7-18(8-5-16)24-12-13-26-20-14-17(6-9-19(20)24)21(25)23-10-2-1-3-11-23/h4-9,14H,1-3,10-13H2. The number of carbonyl (C=O) groups is 1. The molecule has 0 bridgehead atoms. The third-order valence-electron chi connectivity index (χ3n) is 5.02. The fourth-order valence-corrected chi connectivity index (χ4v) is 3.62. The lowest BCUT2D eigenvalue weighted by Gasteiger charge is -2.32. The fourth-order valence-electron chi connectivity index (χ4n) is 3.62. The molecule has 0 aliphatic carbocycles. The van der Waals surface area contributed by atoms with Crippen LogP contribution in [0, 0.1) is 11.3 Å². The Hall–Kier alpha value is -3.00. The first kappa shape index (κ1) is 16.5. The largest absolute Gasteiger partial charge is 0.490 e. The van der Waals surface area contributed by atoms with Gasteiger partial charge in [0.1, 0.15) is 12.4 Å². The first-order valence-corrected chi connectivity index (χ1v) is 9.10. The van der Waals surface area contributed by atoms with Crippen molar-refractivity contribution >= 4 is 17.3 Å². The predicted octanol–water partition coefficient (Wildman–Crippen LogP) is 3.71. The van der Waals surface area contributed by atoms with Crippen LogP contribution in [0.2, 0.25) is 0 Å². The van der Waals surface area contributed by atoms with E-state index in [-0.39, 0.29) is 5.91 Å². The molecule has 1 saturated heterocycles. The van der Waals surface area contributed by atoms with Crippen molar-refractivity contribution in [2.45, 2.75) is 19.3 Å². The van der Waals surface area contributed by atoms with Crippen molar-refractivity contribution in [1.29, 1.82) is 5.26 Å². The third-order valence-corrected chi connectivity index (χ3v) is 5.02. The van der Waals surface area contributed by atoms with E-state index in [1.54, 1.807) is 0 Å². The number of ether oxygens (including phenoxy) is 1. The number of hydrogen-bond donors (Lipinski definition) is 0. The number of hydrogen-bond acceptors (Lipinski definition) is 4. The molecule has 26 heavy (non-hydrogen) atoms. The Morgan fingerprint density at radius 3 is 2.50 bits per heavy atom. The Bertz CT molecular complexity index is 849. The summed E-state index contributed by atoms with van der Waals surface area (Å²) in [5, 5.41) is 8.97. The van der Waals surface area contributed by atoms with Crippen LogP contribution in [0.4, 0.5) is 11.4 Å². The van der Waals surface area contributed by atoms with Gasteiger partial charge in [-0.05, 0) is 61.7 Å². The van der Waals surface area contributed by atoms with Gasteiger partial charge in [0.05, 0.1) is 23.9 Å². The number of fused-ring (bicyclic) bond motifs is 1. The van der Waals surface area contributed by atoms with E-state index < -0.39 is 0 Å². The average molecular weight is 347 g/mol. The van der Waals surface area contributed by atoms with Gasteiger partial charge in [-0.15, -0.1) is 0 Å². The number of piperidine rings is 1. The van der Waals surface area contributed by atoms with Crippen LogP contribution in [0.5, 0.6) is 5.75 Å². The molecule has 0 atom stereocenters. The summed E-state index contributed by atoms with van der Waals surface area (Å²) in [5.41, 5.74) is 3.30. The summed E-state index contributed by atoms with van der Waals surface area (Å²) in [6.45, 7) is 2.98. The zero-order valence-electron chi connectivity index (χ0n) is 14.6. The number of nitrogens with zero attached hydrogens (tertiary/aromatic N) is 3. The molecule has 0 unspecified atom stereocenters. The minimum absolute atomic E-state index is 0.0894. The smallest absolute Gasteiger partial charge is 0.253 e. The van der Waals surface area contributed by atoms with Gasteiger partial charge in [0.15, 0.2) is 0 Å². The lowest BCUT2D eigenvalue weighted by atomic mass is 10.1. The van der Waals surface area contributed by atoms with Crippen molar-refractivity contribution < 1.29 is 9.53 Å². The Labute approximate surface area is 153 Å². The number of nitriles is 1. The van der Waals surface area contributed by atoms with Crippen LogP contribution < -0.4 is 9.64 Å². The highest BCUT2D eigenvalue weighted by molar-refractivity contribution is 5.95. The van der Waals surface area contributed by atoms with Crippen molar-refractivity contribution in [3.8, 4) is 11.8 Å². The minimum atomic E-state index is 0.0894. The topological polar surface area (TPSA) is 56.6 Å². The summed E-state index contributed by atoms with van der Waals surface area (Å²) in [7, 11) is 0. The predicted molar refractivity (Wildman–Crippen MR) is 99.9 cm³/mol. The monoisotopic (exact) mass is 347 g/mol. The lowest BCUT2D eigenvalue weighted by molar-refractivity contribution is 0.0724. The summed E-state index contributed by atoms with van der Waals surface area (Å²) in [5.74, 6) is 0.829. The molecule has 5 heteroatoms. The molecule has 2 aromatic carbocycles. The van der Waals surface area contributed by atoms with Crippen LogP contribution in [-0.4, -0.2) is 37.0 Å². The molecular formula is C21H21N3O2. The van der Waals surface area contributed by atoms with Crippen LogP contribution in [0.15, 0.2) is 42.5 Å². The Morgan fingerprint density at radius 2 is 1.77 bits per heavy atom. The van der Waals surface area contributed by atoms with E-state index in [0.717, 1.165) is 49.6 Å². The second kappa shape index (κ2) is 7.09. The van der Waals surface area contributed by atoms with Crippen molar-refractivity contribution in [2.24, 2.45) is 0 Å². The quantitative estimate of drug-likeness (QED) is 0.831. The van der Waals surface area contributed by atoms with Gasteiger partial charge in [0.2, 0.25) is 0 Å². The molecule has 0 N–H and O–H groups in total. The summed E-state index contributed by atoms with van der Waals surface area (Å²) in [4.78, 5) is 16.8. The number of amides is 1. The van der Waals surface area contributed by atoms with Crippen LogP contribution in [-0.2, 0) is 0 Å². The molecule has 5 nitrogen and oxygen atoms in total. The molecule has 2 aliphatic heterocycles. The van der Waals surface area contributed by atoms with Crippen LogP contribution in [0.25, 0.3) is 0 Å². The van der Waals surface area contributed by atoms with Crippen LogP contribution >= 0.6 is 0 Å². The SMILES string of the molecule is N#Cc1ccc(N2CCOc3cc(C(=O)N4CCCCC4)ccc32)cc1. The van der Waals surface area contributed by atoms with E-state index in [1.807, 2.05) is 47.4 Å². The summed E-state index contributed by atoms with van der Waals surface area (Å²) in [6.07, 6.45) is 3.37. The molecule has 0 radical (unpaired) electrons. The van der Waals surface area contributed by atoms with Gasteiger partial charge in [-0.1, -0.05) is 0 Å². The summed E-state index contributed by atoms with van der Waals surface area (Å²) in [6, 6.07) is 15.4. The van der Waals surface area contributed by atoms with Crippen LogP contribution in [0.1, 0.15) is 35.2 Å². The van der Waals surface area contributed by atoms with Gasteiger partial charge < -0.3 is 14.5 Å². The van der Waals surface area contributed by atoms with Gasteiger partial charge >= 0.3 is 0 Å². The molecule has 0 aromatic heterocycles. The minimum Gasteiger partial charge on any atom is -0.490 e. The maximum absolute atomic E-state index is 12.7. The fraction of sp³-hybridized carbons (Fsp3) is 0.333. The average Bonchev–Trinajstić information content (AvgIpc) is 2.73. The van der Waals surface area contributed by atoms with Crippen molar-refractivity contribution in [1.82, 2.24) is 4.90 Å². The summed E-state index contributed by atoms with van der Waals surface area (Å²) >= 11 is 0. The molecule has 0 saturated carbocycles. The van der Waals surface area contributed by atoms with E-state index in [1.165, 1.54) is 6.42 Å². The molecule has 1 fully saturated rings. The van der Waals surface area contributed by atoms with E-state index in [4.69, 9.17) is 10.00 Å². The van der Waals surface area contributed by atoms with Crippen molar-refractivity contribution in [3.05, 3.63) is 53.6 Å². The molecule has 1 amide bonds. The number of anilines is 2. The van der Waals surface area contributed by atoms with Gasteiger partial charge in [-0.3, -0.25) is 4.79 Å². The van der Waals surface area contributed by atoms with Gasteiger partial charge in [-0.25, -0.2) is 0 Å². The molecule has 0 spiro atoms. The van der Waals surface area contributed by atoms with Gasteiger partial charge in [0, 0.05) is 24.3 Å². The van der Waals surface area contributed by atoms with E-state index in [2.05, 4.69) is 11.0 Å². The zero-order chi connectivity index (χ0) is 17.9. The van der Waals surface area contributed by atoms with E-state index in [9.17, 15) is 4.79 Å². The highest BCUT2D eigenvalue weighted by atomic mass is 16.5. The summed E-state index contributed by atoms with van der Waals surface area (Å²) < 4.78 is 5.83. The number of likely N-dealkylation sites (tertiary alicyclic amines) is 1. The maximum atomic E-state index is 12.7. The molecule has 2 aromatic rings. The molecular weight excluding hydrogens is 326 g/mol. The first-order valence-electron chi connectivity index (χ1n) is 9.10. The number of benzene rings is 2. The normalized spacial score (nSPS) is 16.4. The van der Waals surface area contributed by atoms with Gasteiger partial charge in [0.25, 0.3) is 5.91 Å². The lowest BCUT2D eigenvalue weighted by Crippen LogP contribution is -2.35. The molecule has 4 rings (SSSR count). The van der Waals surface area contributed by atoms with Crippen LogP contribution in [0.3, 0.4) is 0 Å². The Balaban J connectivity index is 1.61. The highest BCUT2D eigenvalue weighted by Gasteiger charge is 2.23. The molecule has 2 aliphatic rings. The first-order chi connectivity index (χ1) is 12.8. The number of carbonyl (C=O) groups excluding carboxylic acids is 1. The second-order valence-electron chi connectivity index (χ2n) is 6.69. The van der Waals surface area contributed by atoms with E-state index >= 15 is 0 Å². The Kier molecular flexibility index (Phi) is 4.49. The van der Waals surface area contributed by atoms with E-state index in [0.29, 0.717) is 17.7 Å². The number of rotatable bonds is 2.